The number of hydrogen-bond acceptors (Lipinski definition) is 5. The van der Waals surface area contributed by atoms with Crippen molar-refractivity contribution in [3.05, 3.63) is 102 Å². The Morgan fingerprint density at radius 1 is 0.788 bits per heavy atom. The van der Waals surface area contributed by atoms with Crippen LogP contribution in [0.5, 0.6) is 0 Å². The highest BCUT2D eigenvalue weighted by atomic mass is 16.2. The number of amides is 1. The van der Waals surface area contributed by atoms with Crippen molar-refractivity contribution in [1.29, 1.82) is 0 Å². The van der Waals surface area contributed by atoms with Crippen molar-refractivity contribution in [1.82, 2.24) is 9.97 Å². The van der Waals surface area contributed by atoms with Gasteiger partial charge in [-0.3, -0.25) is 9.59 Å². The number of rotatable bonds is 8. The quantitative estimate of drug-likeness (QED) is 0.341. The molecule has 0 unspecified atom stereocenters. The van der Waals surface area contributed by atoms with Crippen molar-refractivity contribution in [3.8, 4) is 11.3 Å². The van der Waals surface area contributed by atoms with E-state index in [1.54, 1.807) is 24.3 Å². The molecule has 0 spiro atoms. The molecule has 3 aromatic carbocycles. The van der Waals surface area contributed by atoms with E-state index in [-0.39, 0.29) is 24.5 Å². The van der Waals surface area contributed by atoms with Crippen molar-refractivity contribution in [2.75, 3.05) is 10.6 Å². The maximum absolute atomic E-state index is 12.3. The molecular weight excluding hydrogens is 412 g/mol. The van der Waals surface area contributed by atoms with E-state index >= 15 is 0 Å². The van der Waals surface area contributed by atoms with Gasteiger partial charge in [-0.1, -0.05) is 60.2 Å². The van der Waals surface area contributed by atoms with Gasteiger partial charge >= 0.3 is 0 Å². The fraction of sp³-hybridized carbons (Fsp3) is 0.111. The van der Waals surface area contributed by atoms with E-state index in [1.807, 2.05) is 67.6 Å². The number of aromatic nitrogens is 2. The third-order valence-electron chi connectivity index (χ3n) is 5.13. The fourth-order valence-electron chi connectivity index (χ4n) is 3.31. The second-order valence-corrected chi connectivity index (χ2v) is 7.69. The number of benzene rings is 3. The molecule has 6 heteroatoms. The summed E-state index contributed by atoms with van der Waals surface area (Å²) in [6.45, 7) is 1.97. The summed E-state index contributed by atoms with van der Waals surface area (Å²) in [7, 11) is 0. The Bertz CT molecular complexity index is 1240. The van der Waals surface area contributed by atoms with Gasteiger partial charge in [0.05, 0.1) is 5.69 Å². The molecule has 2 N–H and O–H groups in total. The molecular formula is C27H24N4O2. The maximum Gasteiger partial charge on any atom is 0.224 e. The van der Waals surface area contributed by atoms with E-state index in [2.05, 4.69) is 20.6 Å². The lowest BCUT2D eigenvalue weighted by Crippen LogP contribution is -2.13. The van der Waals surface area contributed by atoms with Crippen molar-refractivity contribution >= 4 is 28.9 Å². The molecule has 4 aromatic rings. The fourth-order valence-corrected chi connectivity index (χ4v) is 3.31. The van der Waals surface area contributed by atoms with Crippen molar-refractivity contribution in [2.45, 2.75) is 19.8 Å². The highest BCUT2D eigenvalue weighted by Gasteiger charge is 2.10. The van der Waals surface area contributed by atoms with Gasteiger partial charge in [-0.15, -0.1) is 0 Å². The summed E-state index contributed by atoms with van der Waals surface area (Å²) >= 11 is 0. The molecule has 1 heterocycles. The molecule has 0 fully saturated rings. The number of hydrogen-bond donors (Lipinski definition) is 2. The average Bonchev–Trinajstić information content (AvgIpc) is 2.85. The Kier molecular flexibility index (Phi) is 6.85. The Labute approximate surface area is 192 Å². The number of carbonyl (C=O) groups is 2. The molecule has 33 heavy (non-hydrogen) atoms. The van der Waals surface area contributed by atoms with Gasteiger partial charge in [-0.2, -0.15) is 0 Å². The summed E-state index contributed by atoms with van der Waals surface area (Å²) < 4.78 is 0. The Morgan fingerprint density at radius 2 is 1.48 bits per heavy atom. The van der Waals surface area contributed by atoms with Crippen LogP contribution < -0.4 is 10.6 Å². The summed E-state index contributed by atoms with van der Waals surface area (Å²) in [6.07, 6.45) is 1.83. The van der Waals surface area contributed by atoms with Gasteiger partial charge in [0.15, 0.2) is 5.78 Å². The molecule has 0 aliphatic rings. The molecule has 4 rings (SSSR count). The zero-order valence-electron chi connectivity index (χ0n) is 18.3. The summed E-state index contributed by atoms with van der Waals surface area (Å²) in [6, 6.07) is 26.5. The zero-order valence-corrected chi connectivity index (χ0v) is 18.3. The van der Waals surface area contributed by atoms with Crippen molar-refractivity contribution in [2.24, 2.45) is 0 Å². The molecule has 0 aliphatic heterocycles. The monoisotopic (exact) mass is 436 g/mol. The van der Waals surface area contributed by atoms with Gasteiger partial charge in [0.2, 0.25) is 5.91 Å². The molecule has 1 aromatic heterocycles. The topological polar surface area (TPSA) is 84.0 Å². The molecule has 164 valence electrons. The molecule has 1 amide bonds. The molecule has 6 nitrogen and oxygen atoms in total. The molecule has 0 atom stereocenters. The van der Waals surface area contributed by atoms with Crippen LogP contribution in [-0.2, 0) is 4.79 Å². The molecule has 0 aliphatic carbocycles. The van der Waals surface area contributed by atoms with E-state index in [9.17, 15) is 9.59 Å². The van der Waals surface area contributed by atoms with Crippen LogP contribution >= 0.6 is 0 Å². The number of ketones is 1. The van der Waals surface area contributed by atoms with Gasteiger partial charge in [-0.05, 0) is 31.2 Å². The van der Waals surface area contributed by atoms with Crippen LogP contribution in [0.4, 0.5) is 17.2 Å². The molecule has 0 bridgehead atoms. The minimum atomic E-state index is -0.195. The second kappa shape index (κ2) is 10.3. The van der Waals surface area contributed by atoms with Gasteiger partial charge in [0.1, 0.15) is 12.1 Å². The zero-order chi connectivity index (χ0) is 23.0. The van der Waals surface area contributed by atoms with Crippen LogP contribution in [0.15, 0.2) is 91.3 Å². The summed E-state index contributed by atoms with van der Waals surface area (Å²) in [4.78, 5) is 33.1. The summed E-state index contributed by atoms with van der Waals surface area (Å²) in [5, 5.41) is 6.08. The van der Waals surface area contributed by atoms with Crippen molar-refractivity contribution < 1.29 is 9.59 Å². The van der Waals surface area contributed by atoms with Crippen LogP contribution in [0.3, 0.4) is 0 Å². The lowest BCUT2D eigenvalue weighted by molar-refractivity contribution is -0.116. The highest BCUT2D eigenvalue weighted by molar-refractivity contribution is 6.00. The van der Waals surface area contributed by atoms with Crippen LogP contribution in [-0.4, -0.2) is 21.7 Å². The minimum absolute atomic E-state index is 0.0376. The summed E-state index contributed by atoms with van der Waals surface area (Å²) in [5.74, 6) is 0.444. The lowest BCUT2D eigenvalue weighted by atomic mass is 10.0. The standard InChI is InChI=1S/C27H24N4O2/c1-19-7-9-21(10-8-19)25(32)15-16-27(33)31-23-13-11-22(12-14-23)30-26-17-24(28-18-29-26)20-5-3-2-4-6-20/h2-14,17-18H,15-16H2,1H3,(H,31,33)(H,28,29,30). The van der Waals surface area contributed by atoms with E-state index in [1.165, 1.54) is 6.33 Å². The number of Topliss-reactive ketones (excluding diaryl/α,β-unsaturated/α-hetero) is 1. The SMILES string of the molecule is Cc1ccc(C(=O)CCC(=O)Nc2ccc(Nc3cc(-c4ccccc4)ncn3)cc2)cc1. The smallest absolute Gasteiger partial charge is 0.224 e. The number of nitrogens with zero attached hydrogens (tertiary/aromatic N) is 2. The normalized spacial score (nSPS) is 10.5. The average molecular weight is 437 g/mol. The number of nitrogens with one attached hydrogen (secondary N) is 2. The first-order valence-electron chi connectivity index (χ1n) is 10.7. The van der Waals surface area contributed by atoms with Gasteiger partial charge in [-0.25, -0.2) is 9.97 Å². The van der Waals surface area contributed by atoms with E-state index in [0.29, 0.717) is 17.1 Å². The van der Waals surface area contributed by atoms with Crippen molar-refractivity contribution in [3.63, 3.8) is 0 Å². The Hall–Kier alpha value is -4.32. The Balaban J connectivity index is 1.31. The first kappa shape index (κ1) is 21.9. The third-order valence-corrected chi connectivity index (χ3v) is 5.13. The largest absolute Gasteiger partial charge is 0.340 e. The first-order chi connectivity index (χ1) is 16.1. The predicted molar refractivity (Wildman–Crippen MR) is 131 cm³/mol. The van der Waals surface area contributed by atoms with Crippen LogP contribution in [0.1, 0.15) is 28.8 Å². The lowest BCUT2D eigenvalue weighted by Gasteiger charge is -2.09. The number of carbonyl (C=O) groups excluding carboxylic acids is 2. The summed E-state index contributed by atoms with van der Waals surface area (Å²) in [5.41, 5.74) is 5.07. The maximum atomic E-state index is 12.3. The Morgan fingerprint density at radius 3 is 2.21 bits per heavy atom. The molecule has 0 saturated carbocycles. The van der Waals surface area contributed by atoms with Gasteiger partial charge < -0.3 is 10.6 Å². The van der Waals surface area contributed by atoms with Gasteiger partial charge in [0.25, 0.3) is 0 Å². The van der Waals surface area contributed by atoms with Crippen LogP contribution in [0, 0.1) is 6.92 Å². The van der Waals surface area contributed by atoms with Crippen LogP contribution in [0.25, 0.3) is 11.3 Å². The van der Waals surface area contributed by atoms with Crippen LogP contribution in [0.2, 0.25) is 0 Å². The number of anilines is 3. The van der Waals surface area contributed by atoms with E-state index < -0.39 is 0 Å². The minimum Gasteiger partial charge on any atom is -0.340 e. The van der Waals surface area contributed by atoms with E-state index in [0.717, 1.165) is 22.5 Å². The number of aryl methyl sites for hydroxylation is 1. The molecule has 0 radical (unpaired) electrons. The highest BCUT2D eigenvalue weighted by Crippen LogP contribution is 2.22. The van der Waals surface area contributed by atoms with E-state index in [4.69, 9.17) is 0 Å². The predicted octanol–water partition coefficient (Wildman–Crippen LogP) is 5.80. The second-order valence-electron chi connectivity index (χ2n) is 7.69. The first-order valence-corrected chi connectivity index (χ1v) is 10.7. The molecule has 0 saturated heterocycles. The van der Waals surface area contributed by atoms with Gasteiger partial charge in [0, 0.05) is 41.4 Å². The third kappa shape index (κ3) is 6.11.